The van der Waals surface area contributed by atoms with Gasteiger partial charge in [-0.15, -0.1) is 0 Å². The van der Waals surface area contributed by atoms with E-state index in [4.69, 9.17) is 0 Å². The molecule has 1 aliphatic rings. The maximum Gasteiger partial charge on any atom is 0.272 e. The monoisotopic (exact) mass is 171 g/mol. The van der Waals surface area contributed by atoms with Crippen LogP contribution < -0.4 is 0 Å². The molecule has 0 saturated heterocycles. The fourth-order valence-corrected chi connectivity index (χ4v) is 1.30. The average Bonchev–Trinajstić information content (AvgIpc) is 1.82. The lowest BCUT2D eigenvalue weighted by atomic mass is 9.81. The van der Waals surface area contributed by atoms with E-state index in [0.717, 1.165) is 6.08 Å². The Morgan fingerprint density at radius 2 is 2.25 bits per heavy atom. The molecule has 0 bridgehead atoms. The van der Waals surface area contributed by atoms with Crippen LogP contribution in [0.5, 0.6) is 0 Å². The molecule has 0 N–H and O–H groups in total. The summed E-state index contributed by atoms with van der Waals surface area (Å²) < 4.78 is 13.0. The minimum absolute atomic E-state index is 0.588. The SMILES string of the molecule is CC1(C)C=CC=C(F)C1[N+](=O)[O-]. The smallest absolute Gasteiger partial charge is 0.264 e. The van der Waals surface area contributed by atoms with E-state index in [1.54, 1.807) is 19.9 Å². The molecule has 0 aliphatic heterocycles. The van der Waals surface area contributed by atoms with Crippen LogP contribution in [0.3, 0.4) is 0 Å². The maximum atomic E-state index is 13.0. The van der Waals surface area contributed by atoms with Gasteiger partial charge in [-0.05, 0) is 19.9 Å². The van der Waals surface area contributed by atoms with Crippen LogP contribution in [0.25, 0.3) is 0 Å². The van der Waals surface area contributed by atoms with E-state index in [1.165, 1.54) is 6.08 Å². The Morgan fingerprint density at radius 3 is 2.58 bits per heavy atom. The van der Waals surface area contributed by atoms with Gasteiger partial charge in [-0.1, -0.05) is 12.2 Å². The molecule has 1 atom stereocenters. The molecule has 0 aromatic rings. The van der Waals surface area contributed by atoms with Gasteiger partial charge in [0, 0.05) is 4.92 Å². The maximum absolute atomic E-state index is 13.0. The summed E-state index contributed by atoms with van der Waals surface area (Å²) in [4.78, 5) is 9.88. The molecule has 0 fully saturated rings. The van der Waals surface area contributed by atoms with E-state index in [2.05, 4.69) is 0 Å². The van der Waals surface area contributed by atoms with Crippen molar-refractivity contribution in [2.75, 3.05) is 0 Å². The van der Waals surface area contributed by atoms with E-state index >= 15 is 0 Å². The van der Waals surface area contributed by atoms with Crippen molar-refractivity contribution in [3.63, 3.8) is 0 Å². The lowest BCUT2D eigenvalue weighted by Gasteiger charge is -2.25. The summed E-state index contributed by atoms with van der Waals surface area (Å²) >= 11 is 0. The van der Waals surface area contributed by atoms with Crippen LogP contribution in [0.2, 0.25) is 0 Å². The van der Waals surface area contributed by atoms with Gasteiger partial charge < -0.3 is 0 Å². The normalized spacial score (nSPS) is 26.6. The third kappa shape index (κ3) is 1.37. The van der Waals surface area contributed by atoms with Gasteiger partial charge >= 0.3 is 0 Å². The standard InChI is InChI=1S/C8H10FNO2/c1-8(2)5-3-4-6(9)7(8)10(11)12/h3-5,7H,1-2H3. The quantitative estimate of drug-likeness (QED) is 0.447. The lowest BCUT2D eigenvalue weighted by Crippen LogP contribution is -2.36. The highest BCUT2D eigenvalue weighted by atomic mass is 19.1. The highest BCUT2D eigenvalue weighted by Gasteiger charge is 2.42. The summed E-state index contributed by atoms with van der Waals surface area (Å²) in [6, 6.07) is -1.23. The highest BCUT2D eigenvalue weighted by molar-refractivity contribution is 5.23. The molecule has 0 heterocycles. The molecule has 0 aromatic carbocycles. The second-order valence-electron chi connectivity index (χ2n) is 3.42. The van der Waals surface area contributed by atoms with Crippen molar-refractivity contribution in [3.8, 4) is 0 Å². The molecule has 12 heavy (non-hydrogen) atoms. The molecule has 0 saturated carbocycles. The number of nitro groups is 1. The summed E-state index contributed by atoms with van der Waals surface area (Å²) in [7, 11) is 0. The van der Waals surface area contributed by atoms with Gasteiger partial charge in [-0.25, -0.2) is 4.39 Å². The molecule has 0 spiro atoms. The molecule has 1 aliphatic carbocycles. The zero-order chi connectivity index (χ0) is 9.35. The van der Waals surface area contributed by atoms with E-state index in [0.29, 0.717) is 0 Å². The summed E-state index contributed by atoms with van der Waals surface area (Å²) in [5, 5.41) is 10.5. The predicted octanol–water partition coefficient (Wildman–Crippen LogP) is 2.08. The second kappa shape index (κ2) is 2.69. The fraction of sp³-hybridized carbons (Fsp3) is 0.500. The lowest BCUT2D eigenvalue weighted by molar-refractivity contribution is -0.529. The second-order valence-corrected chi connectivity index (χ2v) is 3.42. The minimum Gasteiger partial charge on any atom is -0.264 e. The zero-order valence-electron chi connectivity index (χ0n) is 6.95. The molecule has 3 nitrogen and oxygen atoms in total. The fourth-order valence-electron chi connectivity index (χ4n) is 1.30. The number of hydrogen-bond donors (Lipinski definition) is 0. The molecule has 1 rings (SSSR count). The van der Waals surface area contributed by atoms with Crippen LogP contribution in [0, 0.1) is 15.5 Å². The Labute approximate surface area is 69.7 Å². The molecule has 0 amide bonds. The van der Waals surface area contributed by atoms with Crippen molar-refractivity contribution in [2.45, 2.75) is 19.9 Å². The Kier molecular flexibility index (Phi) is 2.00. The third-order valence-corrected chi connectivity index (χ3v) is 1.96. The van der Waals surface area contributed by atoms with Crippen molar-refractivity contribution >= 4 is 0 Å². The van der Waals surface area contributed by atoms with Gasteiger partial charge in [0.25, 0.3) is 6.04 Å². The van der Waals surface area contributed by atoms with E-state index in [-0.39, 0.29) is 0 Å². The molecular formula is C8H10FNO2. The number of halogens is 1. The van der Waals surface area contributed by atoms with Gasteiger partial charge in [-0.3, -0.25) is 10.1 Å². The molecule has 66 valence electrons. The Balaban J connectivity index is 3.03. The molecule has 0 aromatic heterocycles. The largest absolute Gasteiger partial charge is 0.272 e. The number of rotatable bonds is 1. The predicted molar refractivity (Wildman–Crippen MR) is 42.9 cm³/mol. The molecule has 4 heteroatoms. The van der Waals surface area contributed by atoms with Crippen molar-refractivity contribution in [3.05, 3.63) is 34.2 Å². The average molecular weight is 171 g/mol. The zero-order valence-corrected chi connectivity index (χ0v) is 6.95. The highest BCUT2D eigenvalue weighted by Crippen LogP contribution is 2.33. The van der Waals surface area contributed by atoms with E-state index < -0.39 is 22.2 Å². The van der Waals surface area contributed by atoms with E-state index in [9.17, 15) is 14.5 Å². The van der Waals surface area contributed by atoms with Crippen LogP contribution >= 0.6 is 0 Å². The van der Waals surface area contributed by atoms with Crippen molar-refractivity contribution in [1.82, 2.24) is 0 Å². The van der Waals surface area contributed by atoms with Crippen LogP contribution in [0.1, 0.15) is 13.8 Å². The molecular weight excluding hydrogens is 161 g/mol. The van der Waals surface area contributed by atoms with Gasteiger partial charge in [0.05, 0.1) is 5.41 Å². The van der Waals surface area contributed by atoms with Crippen LogP contribution in [-0.4, -0.2) is 11.0 Å². The van der Waals surface area contributed by atoms with Gasteiger partial charge in [-0.2, -0.15) is 0 Å². The van der Waals surface area contributed by atoms with Crippen molar-refractivity contribution in [1.29, 1.82) is 0 Å². The van der Waals surface area contributed by atoms with E-state index in [1.807, 2.05) is 0 Å². The first-order valence-corrected chi connectivity index (χ1v) is 3.63. The first kappa shape index (κ1) is 8.90. The molecule has 0 radical (unpaired) electrons. The Morgan fingerprint density at radius 1 is 1.67 bits per heavy atom. The summed E-state index contributed by atoms with van der Waals surface area (Å²) in [5.41, 5.74) is -0.734. The van der Waals surface area contributed by atoms with Crippen molar-refractivity contribution < 1.29 is 9.31 Å². The Hall–Kier alpha value is -1.19. The Bertz CT molecular complexity index is 268. The molecule has 1 unspecified atom stereocenters. The first-order chi connectivity index (χ1) is 5.45. The summed E-state index contributed by atoms with van der Waals surface area (Å²) in [6.45, 7) is 3.28. The van der Waals surface area contributed by atoms with Crippen molar-refractivity contribution in [2.24, 2.45) is 5.41 Å². The van der Waals surface area contributed by atoms with Gasteiger partial charge in [0.1, 0.15) is 0 Å². The summed E-state index contributed by atoms with van der Waals surface area (Å²) in [6.07, 6.45) is 4.29. The number of hydrogen-bond acceptors (Lipinski definition) is 2. The topological polar surface area (TPSA) is 43.1 Å². The van der Waals surface area contributed by atoms with Crippen LogP contribution in [0.15, 0.2) is 24.1 Å². The van der Waals surface area contributed by atoms with Crippen LogP contribution in [0.4, 0.5) is 4.39 Å². The van der Waals surface area contributed by atoms with Gasteiger partial charge in [0.2, 0.25) is 0 Å². The number of nitrogens with zero attached hydrogens (tertiary/aromatic N) is 1. The third-order valence-electron chi connectivity index (χ3n) is 1.96. The summed E-state index contributed by atoms with van der Waals surface area (Å²) in [5.74, 6) is -0.674. The van der Waals surface area contributed by atoms with Gasteiger partial charge in [0.15, 0.2) is 5.83 Å². The first-order valence-electron chi connectivity index (χ1n) is 3.63. The number of allylic oxidation sites excluding steroid dienone is 2. The van der Waals surface area contributed by atoms with Crippen LogP contribution in [-0.2, 0) is 0 Å². The minimum atomic E-state index is -1.23.